The molecule has 0 saturated heterocycles. The van der Waals surface area contributed by atoms with Crippen molar-refractivity contribution in [2.24, 2.45) is 5.92 Å². The molecule has 1 unspecified atom stereocenters. The highest BCUT2D eigenvalue weighted by molar-refractivity contribution is 5.87. The van der Waals surface area contributed by atoms with Gasteiger partial charge in [-0.1, -0.05) is 63.2 Å². The van der Waals surface area contributed by atoms with Gasteiger partial charge in [-0.25, -0.2) is 0 Å². The van der Waals surface area contributed by atoms with Gasteiger partial charge in [-0.05, 0) is 29.2 Å². The van der Waals surface area contributed by atoms with Gasteiger partial charge in [0.05, 0.1) is 7.11 Å². The first-order valence-electron chi connectivity index (χ1n) is 10.2. The number of nitrogens with one attached hydrogen (secondary N) is 1. The van der Waals surface area contributed by atoms with Crippen molar-refractivity contribution in [2.45, 2.75) is 46.2 Å². The monoisotopic (exact) mass is 396 g/mol. The summed E-state index contributed by atoms with van der Waals surface area (Å²) < 4.78 is 5.22. The van der Waals surface area contributed by atoms with E-state index in [0.29, 0.717) is 31.8 Å². The molecule has 0 aliphatic rings. The number of benzene rings is 2. The second-order valence-electron chi connectivity index (χ2n) is 7.57. The standard InChI is InChI=1S/C24H32N2O3/c1-5-23(27)26(17-20-11-13-21(29-4)14-12-20)22(24(28)25-16-18(2)3)15-19-9-7-6-8-10-19/h6-14,18,22H,5,15-17H2,1-4H3,(H,25,28). The van der Waals surface area contributed by atoms with E-state index in [1.54, 1.807) is 12.0 Å². The Balaban J connectivity index is 2.30. The zero-order valence-corrected chi connectivity index (χ0v) is 17.9. The first kappa shape index (κ1) is 22.5. The summed E-state index contributed by atoms with van der Waals surface area (Å²) in [6, 6.07) is 16.9. The number of rotatable bonds is 10. The number of nitrogens with zero attached hydrogens (tertiary/aromatic N) is 1. The summed E-state index contributed by atoms with van der Waals surface area (Å²) in [6.07, 6.45) is 0.825. The molecule has 0 aliphatic heterocycles. The maximum Gasteiger partial charge on any atom is 0.243 e. The molecule has 0 spiro atoms. The predicted molar refractivity (Wildman–Crippen MR) is 116 cm³/mol. The van der Waals surface area contributed by atoms with Crippen molar-refractivity contribution in [3.05, 3.63) is 65.7 Å². The highest BCUT2D eigenvalue weighted by Gasteiger charge is 2.29. The lowest BCUT2D eigenvalue weighted by atomic mass is 10.0. The van der Waals surface area contributed by atoms with Gasteiger partial charge in [-0.3, -0.25) is 9.59 Å². The first-order valence-corrected chi connectivity index (χ1v) is 10.2. The lowest BCUT2D eigenvalue weighted by Gasteiger charge is -2.31. The molecule has 2 aromatic rings. The van der Waals surface area contributed by atoms with Crippen LogP contribution in [0.25, 0.3) is 0 Å². The summed E-state index contributed by atoms with van der Waals surface area (Å²) in [5.41, 5.74) is 1.99. The maximum atomic E-state index is 13.1. The molecule has 29 heavy (non-hydrogen) atoms. The third-order valence-electron chi connectivity index (χ3n) is 4.77. The molecule has 5 nitrogen and oxygen atoms in total. The van der Waals surface area contributed by atoms with Gasteiger partial charge in [0.25, 0.3) is 0 Å². The van der Waals surface area contributed by atoms with E-state index in [9.17, 15) is 9.59 Å². The molecular formula is C24H32N2O3. The summed E-state index contributed by atoms with van der Waals surface area (Å²) in [5.74, 6) is 0.949. The van der Waals surface area contributed by atoms with Crippen molar-refractivity contribution in [2.75, 3.05) is 13.7 Å². The molecule has 0 fully saturated rings. The Morgan fingerprint density at radius 2 is 1.66 bits per heavy atom. The van der Waals surface area contributed by atoms with Crippen LogP contribution in [0, 0.1) is 5.92 Å². The molecular weight excluding hydrogens is 364 g/mol. The minimum Gasteiger partial charge on any atom is -0.497 e. The van der Waals surface area contributed by atoms with Crippen molar-refractivity contribution < 1.29 is 14.3 Å². The third-order valence-corrected chi connectivity index (χ3v) is 4.77. The van der Waals surface area contributed by atoms with Gasteiger partial charge in [-0.2, -0.15) is 0 Å². The SMILES string of the molecule is CCC(=O)N(Cc1ccc(OC)cc1)C(Cc1ccccc1)C(=O)NCC(C)C. The van der Waals surface area contributed by atoms with E-state index in [4.69, 9.17) is 4.74 Å². The van der Waals surface area contributed by atoms with Crippen molar-refractivity contribution in [3.63, 3.8) is 0 Å². The van der Waals surface area contributed by atoms with E-state index in [1.807, 2.05) is 61.5 Å². The van der Waals surface area contributed by atoms with Crippen molar-refractivity contribution >= 4 is 11.8 Å². The summed E-state index contributed by atoms with van der Waals surface area (Å²) in [5, 5.41) is 3.01. The van der Waals surface area contributed by atoms with Crippen molar-refractivity contribution in [3.8, 4) is 5.75 Å². The molecule has 0 aromatic heterocycles. The van der Waals surface area contributed by atoms with E-state index in [1.165, 1.54) is 0 Å². The Bertz CT molecular complexity index is 772. The summed E-state index contributed by atoms with van der Waals surface area (Å²) in [6.45, 7) is 6.90. The second kappa shape index (κ2) is 11.2. The number of carbonyl (C=O) groups is 2. The Kier molecular flexibility index (Phi) is 8.71. The van der Waals surface area contributed by atoms with Crippen LogP contribution in [0.15, 0.2) is 54.6 Å². The van der Waals surface area contributed by atoms with E-state index in [2.05, 4.69) is 19.2 Å². The van der Waals surface area contributed by atoms with Gasteiger partial charge < -0.3 is 15.0 Å². The van der Waals surface area contributed by atoms with Crippen molar-refractivity contribution in [1.82, 2.24) is 10.2 Å². The van der Waals surface area contributed by atoms with Crippen molar-refractivity contribution in [1.29, 1.82) is 0 Å². The van der Waals surface area contributed by atoms with Crippen LogP contribution in [0.2, 0.25) is 0 Å². The smallest absolute Gasteiger partial charge is 0.243 e. The van der Waals surface area contributed by atoms with Crippen LogP contribution in [-0.4, -0.2) is 36.4 Å². The molecule has 2 aromatic carbocycles. The van der Waals surface area contributed by atoms with E-state index < -0.39 is 6.04 Å². The minimum atomic E-state index is -0.564. The zero-order valence-electron chi connectivity index (χ0n) is 17.9. The largest absolute Gasteiger partial charge is 0.497 e. The topological polar surface area (TPSA) is 58.6 Å². The quantitative estimate of drug-likeness (QED) is 0.664. The molecule has 0 radical (unpaired) electrons. The van der Waals surface area contributed by atoms with Gasteiger partial charge in [0.15, 0.2) is 0 Å². The molecule has 0 heterocycles. The molecule has 1 N–H and O–H groups in total. The van der Waals surface area contributed by atoms with Gasteiger partial charge in [0.1, 0.15) is 11.8 Å². The minimum absolute atomic E-state index is 0.0403. The number of carbonyl (C=O) groups excluding carboxylic acids is 2. The fourth-order valence-electron chi connectivity index (χ4n) is 3.11. The van der Waals surface area contributed by atoms with E-state index >= 15 is 0 Å². The second-order valence-corrected chi connectivity index (χ2v) is 7.57. The Hall–Kier alpha value is -2.82. The van der Waals surface area contributed by atoms with Gasteiger partial charge in [-0.15, -0.1) is 0 Å². The van der Waals surface area contributed by atoms with E-state index in [-0.39, 0.29) is 11.8 Å². The van der Waals surface area contributed by atoms with E-state index in [0.717, 1.165) is 16.9 Å². The summed E-state index contributed by atoms with van der Waals surface area (Å²) in [4.78, 5) is 27.6. The molecule has 156 valence electrons. The van der Waals surface area contributed by atoms with Gasteiger partial charge in [0.2, 0.25) is 11.8 Å². The predicted octanol–water partition coefficient (Wildman–Crippen LogP) is 3.82. The van der Waals surface area contributed by atoms with Crippen LogP contribution in [0.4, 0.5) is 0 Å². The molecule has 5 heteroatoms. The Morgan fingerprint density at radius 1 is 1.00 bits per heavy atom. The fourth-order valence-corrected chi connectivity index (χ4v) is 3.11. The average Bonchev–Trinajstić information content (AvgIpc) is 2.75. The van der Waals surface area contributed by atoms with Crippen LogP contribution in [0.3, 0.4) is 0 Å². The Morgan fingerprint density at radius 3 is 2.21 bits per heavy atom. The van der Waals surface area contributed by atoms with Crippen LogP contribution < -0.4 is 10.1 Å². The number of ether oxygens (including phenoxy) is 1. The molecule has 1 atom stereocenters. The number of hydrogen-bond donors (Lipinski definition) is 1. The zero-order chi connectivity index (χ0) is 21.2. The highest BCUT2D eigenvalue weighted by atomic mass is 16.5. The molecule has 2 rings (SSSR count). The summed E-state index contributed by atoms with van der Waals surface area (Å²) >= 11 is 0. The average molecular weight is 397 g/mol. The lowest BCUT2D eigenvalue weighted by Crippen LogP contribution is -2.50. The lowest BCUT2D eigenvalue weighted by molar-refractivity contribution is -0.141. The number of hydrogen-bond acceptors (Lipinski definition) is 3. The van der Waals surface area contributed by atoms with Crippen LogP contribution in [-0.2, 0) is 22.6 Å². The normalized spacial score (nSPS) is 11.8. The molecule has 0 aliphatic carbocycles. The third kappa shape index (κ3) is 6.93. The first-order chi connectivity index (χ1) is 13.9. The Labute approximate surface area is 174 Å². The number of amides is 2. The van der Waals surface area contributed by atoms with Crippen LogP contribution in [0.1, 0.15) is 38.3 Å². The molecule has 2 amide bonds. The molecule has 0 bridgehead atoms. The van der Waals surface area contributed by atoms with Crippen LogP contribution in [0.5, 0.6) is 5.75 Å². The number of methoxy groups -OCH3 is 1. The fraction of sp³-hybridized carbons (Fsp3) is 0.417. The molecule has 0 saturated carbocycles. The maximum absolute atomic E-state index is 13.1. The van der Waals surface area contributed by atoms with Crippen LogP contribution >= 0.6 is 0 Å². The van der Waals surface area contributed by atoms with Gasteiger partial charge >= 0.3 is 0 Å². The summed E-state index contributed by atoms with van der Waals surface area (Å²) in [7, 11) is 1.62. The van der Waals surface area contributed by atoms with Gasteiger partial charge in [0, 0.05) is 25.9 Å². The highest BCUT2D eigenvalue weighted by Crippen LogP contribution is 2.18.